The summed E-state index contributed by atoms with van der Waals surface area (Å²) >= 11 is 0. The fraction of sp³-hybridized carbons (Fsp3) is 0.440. The molecule has 2 aliphatic carbocycles. The van der Waals surface area contributed by atoms with E-state index in [2.05, 4.69) is 37.1 Å². The Morgan fingerprint density at radius 3 is 2.45 bits per heavy atom. The number of benzene rings is 2. The highest BCUT2D eigenvalue weighted by Gasteiger charge is 2.59. The van der Waals surface area contributed by atoms with Crippen molar-refractivity contribution in [3.63, 3.8) is 0 Å². The predicted molar refractivity (Wildman–Crippen MR) is 123 cm³/mol. The number of rotatable bonds is 7. The molecule has 4 atom stereocenters. The molecule has 31 heavy (non-hydrogen) atoms. The standard InChI is InChI=1S/C25H31NO4Si/c1-31(2,3)14-13-29-25(28)26-23-21-19-12-8-7-11-18(19)15-20(21)22(23)24(27)30-16-17-9-5-4-6-10-17/h4-12,20-23H,13-16H2,1-3H3,(H,26,28)/t20-,21+,22+,23-/m0/s1. The SMILES string of the molecule is C[Si](C)(C)CCOC(=O)N[C@@H]1[C@H](C(=O)OCc2ccccc2)[C@H]2Cc3ccccc3[C@H]21. The first-order chi connectivity index (χ1) is 14.8. The van der Waals surface area contributed by atoms with E-state index in [0.717, 1.165) is 18.0 Å². The van der Waals surface area contributed by atoms with E-state index in [1.807, 2.05) is 42.5 Å². The van der Waals surface area contributed by atoms with E-state index in [1.165, 1.54) is 11.1 Å². The Morgan fingerprint density at radius 2 is 1.71 bits per heavy atom. The molecular weight excluding hydrogens is 406 g/mol. The summed E-state index contributed by atoms with van der Waals surface area (Å²) in [5.74, 6) is -0.307. The van der Waals surface area contributed by atoms with E-state index >= 15 is 0 Å². The molecule has 0 radical (unpaired) electrons. The molecule has 1 saturated carbocycles. The number of esters is 1. The van der Waals surface area contributed by atoms with E-state index in [9.17, 15) is 9.59 Å². The van der Waals surface area contributed by atoms with Crippen LogP contribution in [0.1, 0.15) is 22.6 Å². The molecule has 2 aromatic rings. The third-order valence-corrected chi connectivity index (χ3v) is 8.14. The van der Waals surface area contributed by atoms with Gasteiger partial charge in [0.2, 0.25) is 0 Å². The van der Waals surface area contributed by atoms with Gasteiger partial charge in [0.1, 0.15) is 6.61 Å². The smallest absolute Gasteiger partial charge is 0.407 e. The highest BCUT2D eigenvalue weighted by molar-refractivity contribution is 6.76. The highest BCUT2D eigenvalue weighted by atomic mass is 28.3. The molecular formula is C25H31NO4Si. The molecule has 4 rings (SSSR count). The van der Waals surface area contributed by atoms with E-state index in [0.29, 0.717) is 6.61 Å². The minimum atomic E-state index is -1.28. The largest absolute Gasteiger partial charge is 0.461 e. The van der Waals surface area contributed by atoms with Crippen LogP contribution in [0.25, 0.3) is 0 Å². The second-order valence-corrected chi connectivity index (χ2v) is 15.4. The Kier molecular flexibility index (Phi) is 6.19. The third kappa shape index (κ3) is 4.84. The molecule has 0 heterocycles. The maximum atomic E-state index is 13.0. The van der Waals surface area contributed by atoms with Crippen LogP contribution in [0.5, 0.6) is 0 Å². The first kappa shape index (κ1) is 21.6. The first-order valence-electron chi connectivity index (χ1n) is 11.1. The number of fused-ring (bicyclic) bond motifs is 3. The molecule has 2 aromatic carbocycles. The Bertz CT molecular complexity index is 940. The quantitative estimate of drug-likeness (QED) is 0.502. The summed E-state index contributed by atoms with van der Waals surface area (Å²) in [5.41, 5.74) is 3.44. The topological polar surface area (TPSA) is 64.6 Å². The monoisotopic (exact) mass is 437 g/mol. The molecule has 6 heteroatoms. The van der Waals surface area contributed by atoms with E-state index in [4.69, 9.17) is 9.47 Å². The summed E-state index contributed by atoms with van der Waals surface area (Å²) in [5, 5.41) is 3.00. The Labute approximate surface area is 185 Å². The normalized spacial score (nSPS) is 23.8. The van der Waals surface area contributed by atoms with Gasteiger partial charge in [0.25, 0.3) is 0 Å². The molecule has 164 valence electrons. The van der Waals surface area contributed by atoms with Crippen molar-refractivity contribution in [1.82, 2.24) is 5.32 Å². The molecule has 0 aliphatic heterocycles. The molecule has 0 saturated heterocycles. The van der Waals surface area contributed by atoms with Gasteiger partial charge in [-0.2, -0.15) is 0 Å². The van der Waals surface area contributed by atoms with Gasteiger partial charge < -0.3 is 14.8 Å². The minimum absolute atomic E-state index is 0.134. The number of hydrogen-bond donors (Lipinski definition) is 1. The Hall–Kier alpha value is -2.60. The number of alkyl carbamates (subject to hydrolysis) is 1. The predicted octanol–water partition coefficient (Wildman–Crippen LogP) is 4.75. The molecule has 0 spiro atoms. The van der Waals surface area contributed by atoms with Crippen molar-refractivity contribution < 1.29 is 19.1 Å². The van der Waals surface area contributed by atoms with Crippen LogP contribution in [0.3, 0.4) is 0 Å². The van der Waals surface area contributed by atoms with Gasteiger partial charge in [-0.3, -0.25) is 4.79 Å². The molecule has 0 aromatic heterocycles. The van der Waals surface area contributed by atoms with Crippen LogP contribution < -0.4 is 5.32 Å². The molecule has 2 aliphatic rings. The van der Waals surface area contributed by atoms with E-state index < -0.39 is 14.2 Å². The molecule has 1 fully saturated rings. The average Bonchev–Trinajstić information content (AvgIpc) is 3.04. The van der Waals surface area contributed by atoms with Crippen molar-refractivity contribution in [2.45, 2.75) is 50.7 Å². The summed E-state index contributed by atoms with van der Waals surface area (Å²) in [7, 11) is -1.28. The number of carbonyl (C=O) groups is 2. The summed E-state index contributed by atoms with van der Waals surface area (Å²) < 4.78 is 11.1. The first-order valence-corrected chi connectivity index (χ1v) is 14.8. The second-order valence-electron chi connectivity index (χ2n) is 9.83. The number of amides is 1. The van der Waals surface area contributed by atoms with Gasteiger partial charge in [-0.05, 0) is 35.1 Å². The lowest BCUT2D eigenvalue weighted by molar-refractivity contribution is -0.159. The molecule has 5 nitrogen and oxygen atoms in total. The van der Waals surface area contributed by atoms with Crippen LogP contribution in [-0.4, -0.2) is 32.8 Å². The number of hydrogen-bond acceptors (Lipinski definition) is 4. The van der Waals surface area contributed by atoms with Crippen molar-refractivity contribution in [3.05, 3.63) is 71.3 Å². The molecule has 0 bridgehead atoms. The van der Waals surface area contributed by atoms with Crippen LogP contribution in [0.2, 0.25) is 25.7 Å². The van der Waals surface area contributed by atoms with Crippen molar-refractivity contribution in [3.8, 4) is 0 Å². The number of carbonyl (C=O) groups excluding carboxylic acids is 2. The Morgan fingerprint density at radius 1 is 1.00 bits per heavy atom. The van der Waals surface area contributed by atoms with Gasteiger partial charge in [-0.15, -0.1) is 0 Å². The fourth-order valence-electron chi connectivity index (χ4n) is 4.76. The zero-order valence-electron chi connectivity index (χ0n) is 18.5. The van der Waals surface area contributed by atoms with E-state index in [-0.39, 0.29) is 36.4 Å². The third-order valence-electron chi connectivity index (χ3n) is 6.43. The van der Waals surface area contributed by atoms with Crippen LogP contribution in [0.15, 0.2) is 54.6 Å². The summed E-state index contributed by atoms with van der Waals surface area (Å²) in [6.45, 7) is 7.41. The highest BCUT2D eigenvalue weighted by Crippen LogP contribution is 2.55. The van der Waals surface area contributed by atoms with Gasteiger partial charge in [-0.1, -0.05) is 74.2 Å². The van der Waals surface area contributed by atoms with Crippen LogP contribution in [0, 0.1) is 11.8 Å². The van der Waals surface area contributed by atoms with Gasteiger partial charge >= 0.3 is 12.1 Å². The summed E-state index contributed by atoms with van der Waals surface area (Å²) in [6, 6.07) is 18.6. The van der Waals surface area contributed by atoms with Gasteiger partial charge in [-0.25, -0.2) is 4.79 Å². The maximum Gasteiger partial charge on any atom is 0.407 e. The zero-order chi connectivity index (χ0) is 22.0. The lowest BCUT2D eigenvalue weighted by Gasteiger charge is -2.47. The molecule has 1 N–H and O–H groups in total. The Balaban J connectivity index is 1.43. The fourth-order valence-corrected chi connectivity index (χ4v) is 5.48. The van der Waals surface area contributed by atoms with Crippen molar-refractivity contribution >= 4 is 20.1 Å². The van der Waals surface area contributed by atoms with Gasteiger partial charge in [0.05, 0.1) is 18.6 Å². The van der Waals surface area contributed by atoms with Crippen LogP contribution >= 0.6 is 0 Å². The summed E-state index contributed by atoms with van der Waals surface area (Å²) in [6.07, 6.45) is 0.404. The molecule has 1 amide bonds. The van der Waals surface area contributed by atoms with Gasteiger partial charge in [0, 0.05) is 14.0 Å². The number of ether oxygens (including phenoxy) is 2. The van der Waals surface area contributed by atoms with Crippen molar-refractivity contribution in [2.24, 2.45) is 11.8 Å². The second kappa shape index (κ2) is 8.87. The van der Waals surface area contributed by atoms with Crippen molar-refractivity contribution in [2.75, 3.05) is 6.61 Å². The number of nitrogens with one attached hydrogen (secondary N) is 1. The van der Waals surface area contributed by atoms with E-state index in [1.54, 1.807) is 0 Å². The van der Waals surface area contributed by atoms with Gasteiger partial charge in [0.15, 0.2) is 0 Å². The van der Waals surface area contributed by atoms with Crippen LogP contribution in [-0.2, 0) is 27.3 Å². The average molecular weight is 438 g/mol. The zero-order valence-corrected chi connectivity index (χ0v) is 19.5. The minimum Gasteiger partial charge on any atom is -0.461 e. The lowest BCUT2D eigenvalue weighted by atomic mass is 9.61. The molecule has 0 unspecified atom stereocenters. The lowest BCUT2D eigenvalue weighted by Crippen LogP contribution is -2.60. The van der Waals surface area contributed by atoms with Crippen molar-refractivity contribution in [1.29, 1.82) is 0 Å². The maximum absolute atomic E-state index is 13.0. The van der Waals surface area contributed by atoms with Crippen LogP contribution in [0.4, 0.5) is 4.79 Å². The summed E-state index contributed by atoms with van der Waals surface area (Å²) in [4.78, 5) is 25.5.